The highest BCUT2D eigenvalue weighted by Crippen LogP contribution is 2.28. The van der Waals surface area contributed by atoms with Gasteiger partial charge in [0.25, 0.3) is 0 Å². The molecule has 3 aromatic rings. The molecule has 0 aliphatic heterocycles. The molecule has 0 amide bonds. The van der Waals surface area contributed by atoms with E-state index in [1.807, 2.05) is 0 Å². The van der Waals surface area contributed by atoms with E-state index >= 15 is 0 Å². The van der Waals surface area contributed by atoms with Crippen LogP contribution in [0.3, 0.4) is 0 Å². The first-order valence-corrected chi connectivity index (χ1v) is 8.99. The van der Waals surface area contributed by atoms with Gasteiger partial charge >= 0.3 is 0 Å². The zero-order valence-corrected chi connectivity index (χ0v) is 14.2. The lowest BCUT2D eigenvalue weighted by Gasteiger charge is -2.28. The van der Waals surface area contributed by atoms with Gasteiger partial charge in [0.05, 0.1) is 11.6 Å². The smallest absolute Gasteiger partial charge is 0.160 e. The summed E-state index contributed by atoms with van der Waals surface area (Å²) in [5.74, 6) is 1.59. The van der Waals surface area contributed by atoms with E-state index in [1.54, 1.807) is 12.5 Å². The number of fused-ring (bicyclic) bond motifs is 1. The standard InChI is InChI=1S/C20H23N5/c1-2-5-15(6-3-1)7-4-8-16-9-11-17(12-10-16)24-19-18-13-23-25-20(18)22-14-21-19/h1-6,8,13-14,16-17H,7,9-12H2,(H2,21,22,23,24,25)/t16-,17-. The van der Waals surface area contributed by atoms with Crippen molar-refractivity contribution in [2.45, 2.75) is 38.1 Å². The largest absolute Gasteiger partial charge is 0.367 e. The van der Waals surface area contributed by atoms with Gasteiger partial charge in [0.2, 0.25) is 0 Å². The van der Waals surface area contributed by atoms with E-state index in [1.165, 1.54) is 31.2 Å². The summed E-state index contributed by atoms with van der Waals surface area (Å²) >= 11 is 0. The van der Waals surface area contributed by atoms with Crippen molar-refractivity contribution in [1.29, 1.82) is 0 Å². The average molecular weight is 333 g/mol. The van der Waals surface area contributed by atoms with Crippen molar-refractivity contribution in [1.82, 2.24) is 20.2 Å². The Hall–Kier alpha value is -2.69. The molecule has 1 saturated carbocycles. The van der Waals surface area contributed by atoms with Gasteiger partial charge in [-0.3, -0.25) is 5.10 Å². The van der Waals surface area contributed by atoms with Crippen molar-refractivity contribution in [3.8, 4) is 0 Å². The summed E-state index contributed by atoms with van der Waals surface area (Å²) in [7, 11) is 0. The minimum atomic E-state index is 0.478. The quantitative estimate of drug-likeness (QED) is 0.689. The van der Waals surface area contributed by atoms with Crippen molar-refractivity contribution in [2.75, 3.05) is 5.32 Å². The topological polar surface area (TPSA) is 66.5 Å². The molecule has 0 radical (unpaired) electrons. The summed E-state index contributed by atoms with van der Waals surface area (Å²) < 4.78 is 0. The predicted octanol–water partition coefficient (Wildman–Crippen LogP) is 4.12. The van der Waals surface area contributed by atoms with Crippen LogP contribution in [0, 0.1) is 5.92 Å². The van der Waals surface area contributed by atoms with Crippen molar-refractivity contribution in [2.24, 2.45) is 5.92 Å². The highest BCUT2D eigenvalue weighted by Gasteiger charge is 2.20. The molecule has 2 N–H and O–H groups in total. The number of rotatable bonds is 5. The first-order chi connectivity index (χ1) is 12.4. The third-order valence-electron chi connectivity index (χ3n) is 4.97. The lowest BCUT2D eigenvalue weighted by molar-refractivity contribution is 0.390. The number of aromatic amines is 1. The van der Waals surface area contributed by atoms with Crippen molar-refractivity contribution in [3.05, 3.63) is 60.6 Å². The van der Waals surface area contributed by atoms with Crippen molar-refractivity contribution < 1.29 is 0 Å². The molecule has 1 aliphatic carbocycles. The molecule has 0 unspecified atom stereocenters. The summed E-state index contributed by atoms with van der Waals surface area (Å²) in [6, 6.07) is 11.1. The van der Waals surface area contributed by atoms with Gasteiger partial charge in [0.1, 0.15) is 12.1 Å². The van der Waals surface area contributed by atoms with Crippen LogP contribution in [0.4, 0.5) is 5.82 Å². The lowest BCUT2D eigenvalue weighted by atomic mass is 9.85. The normalized spacial score (nSPS) is 21.0. The second-order valence-corrected chi connectivity index (χ2v) is 6.73. The number of nitrogens with one attached hydrogen (secondary N) is 2. The first-order valence-electron chi connectivity index (χ1n) is 8.99. The molecule has 128 valence electrons. The van der Waals surface area contributed by atoms with E-state index in [2.05, 4.69) is 68.0 Å². The molecule has 5 heteroatoms. The van der Waals surface area contributed by atoms with Crippen LogP contribution >= 0.6 is 0 Å². The lowest BCUT2D eigenvalue weighted by Crippen LogP contribution is -2.26. The molecule has 1 fully saturated rings. The van der Waals surface area contributed by atoms with Crippen molar-refractivity contribution >= 4 is 16.9 Å². The fourth-order valence-electron chi connectivity index (χ4n) is 3.54. The number of aromatic nitrogens is 4. The van der Waals surface area contributed by atoms with E-state index in [0.717, 1.165) is 23.3 Å². The fraction of sp³-hybridized carbons (Fsp3) is 0.350. The summed E-state index contributed by atoms with van der Waals surface area (Å²) in [5, 5.41) is 11.5. The Morgan fingerprint density at radius 2 is 1.92 bits per heavy atom. The maximum Gasteiger partial charge on any atom is 0.160 e. The maximum atomic E-state index is 4.38. The number of hydrogen-bond donors (Lipinski definition) is 2. The third kappa shape index (κ3) is 3.87. The molecule has 1 aliphatic rings. The van der Waals surface area contributed by atoms with Gasteiger partial charge in [-0.05, 0) is 43.6 Å². The van der Waals surface area contributed by atoms with Gasteiger partial charge in [0.15, 0.2) is 5.65 Å². The molecule has 0 atom stereocenters. The third-order valence-corrected chi connectivity index (χ3v) is 4.97. The van der Waals surface area contributed by atoms with Crippen LogP contribution in [-0.2, 0) is 6.42 Å². The summed E-state index contributed by atoms with van der Waals surface area (Å²) in [6.07, 6.45) is 13.9. The molecule has 0 bridgehead atoms. The molecule has 25 heavy (non-hydrogen) atoms. The minimum Gasteiger partial charge on any atom is -0.367 e. The van der Waals surface area contributed by atoms with Gasteiger partial charge in [-0.25, -0.2) is 9.97 Å². The van der Waals surface area contributed by atoms with E-state index in [0.29, 0.717) is 12.0 Å². The number of anilines is 1. The molecule has 0 saturated heterocycles. The molecular formula is C20H23N5. The van der Waals surface area contributed by atoms with Crippen molar-refractivity contribution in [3.63, 3.8) is 0 Å². The summed E-state index contributed by atoms with van der Waals surface area (Å²) in [6.45, 7) is 0. The van der Waals surface area contributed by atoms with Gasteiger partial charge in [-0.2, -0.15) is 5.10 Å². The van der Waals surface area contributed by atoms with Crippen LogP contribution in [0.25, 0.3) is 11.0 Å². The van der Waals surface area contributed by atoms with Crippen LogP contribution < -0.4 is 5.32 Å². The zero-order valence-electron chi connectivity index (χ0n) is 14.2. The summed E-state index contributed by atoms with van der Waals surface area (Å²) in [5.41, 5.74) is 2.16. The molecule has 0 spiro atoms. The van der Waals surface area contributed by atoms with Gasteiger partial charge in [-0.1, -0.05) is 42.5 Å². The van der Waals surface area contributed by atoms with Crippen LogP contribution in [0.1, 0.15) is 31.2 Å². The van der Waals surface area contributed by atoms with E-state index in [9.17, 15) is 0 Å². The molecule has 5 nitrogen and oxygen atoms in total. The number of hydrogen-bond acceptors (Lipinski definition) is 4. The Balaban J connectivity index is 1.29. The van der Waals surface area contributed by atoms with Gasteiger partial charge in [-0.15, -0.1) is 0 Å². The zero-order chi connectivity index (χ0) is 16.9. The Labute approximate surface area is 147 Å². The number of H-pyrrole nitrogens is 1. The highest BCUT2D eigenvalue weighted by atomic mass is 15.2. The molecule has 2 aromatic heterocycles. The van der Waals surface area contributed by atoms with Crippen LogP contribution in [-0.4, -0.2) is 26.2 Å². The van der Waals surface area contributed by atoms with Crippen LogP contribution in [0.5, 0.6) is 0 Å². The molecule has 2 heterocycles. The van der Waals surface area contributed by atoms with Crippen LogP contribution in [0.2, 0.25) is 0 Å². The first kappa shape index (κ1) is 15.8. The molecular weight excluding hydrogens is 310 g/mol. The Kier molecular flexibility index (Phi) is 4.72. The summed E-state index contributed by atoms with van der Waals surface area (Å²) in [4.78, 5) is 8.57. The number of nitrogens with zero attached hydrogens (tertiary/aromatic N) is 3. The van der Waals surface area contributed by atoms with Gasteiger partial charge < -0.3 is 5.32 Å². The second kappa shape index (κ2) is 7.47. The monoisotopic (exact) mass is 333 g/mol. The highest BCUT2D eigenvalue weighted by molar-refractivity contribution is 5.85. The second-order valence-electron chi connectivity index (χ2n) is 6.73. The maximum absolute atomic E-state index is 4.38. The number of allylic oxidation sites excluding steroid dienone is 2. The Bertz CT molecular complexity index is 831. The van der Waals surface area contributed by atoms with Gasteiger partial charge in [0, 0.05) is 6.04 Å². The van der Waals surface area contributed by atoms with E-state index in [4.69, 9.17) is 0 Å². The van der Waals surface area contributed by atoms with Crippen LogP contribution in [0.15, 0.2) is 55.0 Å². The predicted molar refractivity (Wildman–Crippen MR) is 100 cm³/mol. The average Bonchev–Trinajstić information content (AvgIpc) is 3.14. The minimum absolute atomic E-state index is 0.478. The number of benzene rings is 1. The van der Waals surface area contributed by atoms with E-state index < -0.39 is 0 Å². The van der Waals surface area contributed by atoms with E-state index in [-0.39, 0.29) is 0 Å². The Morgan fingerprint density at radius 3 is 2.76 bits per heavy atom. The molecule has 1 aromatic carbocycles. The molecule has 4 rings (SSSR count). The Morgan fingerprint density at radius 1 is 1.08 bits per heavy atom. The SMILES string of the molecule is C(=C[C@H]1CC[C@H](Nc2ncnc3[nH]ncc23)CC1)Cc1ccccc1. The fourth-order valence-corrected chi connectivity index (χ4v) is 3.54.